The van der Waals surface area contributed by atoms with Crippen LogP contribution in [-0.2, 0) is 6.42 Å². The van der Waals surface area contributed by atoms with Crippen LogP contribution in [0.1, 0.15) is 12.5 Å². The molecule has 0 N–H and O–H groups in total. The minimum atomic E-state index is 1.08. The Balaban J connectivity index is 2.41. The molecule has 2 aromatic rings. The summed E-state index contributed by atoms with van der Waals surface area (Å²) in [6, 6.07) is 10.5. The first-order valence-corrected chi connectivity index (χ1v) is 4.51. The van der Waals surface area contributed by atoms with E-state index in [1.54, 1.807) is 12.5 Å². The molecule has 1 heterocycles. The molecule has 0 spiro atoms. The van der Waals surface area contributed by atoms with Crippen LogP contribution in [0.4, 0.5) is 0 Å². The van der Waals surface area contributed by atoms with Crippen molar-refractivity contribution in [1.29, 1.82) is 0 Å². The molecule has 0 aliphatic rings. The highest BCUT2D eigenvalue weighted by Gasteiger charge is 1.98. The zero-order chi connectivity index (χ0) is 9.10. The van der Waals surface area contributed by atoms with Gasteiger partial charge in [-0.05, 0) is 23.6 Å². The second-order valence-corrected chi connectivity index (χ2v) is 3.07. The summed E-state index contributed by atoms with van der Waals surface area (Å²) >= 11 is 0. The van der Waals surface area contributed by atoms with Crippen LogP contribution < -0.4 is 0 Å². The van der Waals surface area contributed by atoms with E-state index in [0.717, 1.165) is 12.0 Å². The highest BCUT2D eigenvalue weighted by Crippen LogP contribution is 2.20. The monoisotopic (exact) mass is 172 g/mol. The van der Waals surface area contributed by atoms with Gasteiger partial charge in [-0.1, -0.05) is 31.2 Å². The van der Waals surface area contributed by atoms with Gasteiger partial charge in [0.25, 0.3) is 0 Å². The van der Waals surface area contributed by atoms with E-state index in [2.05, 4.69) is 31.2 Å². The predicted octanol–water partition coefficient (Wildman–Crippen LogP) is 3.51. The molecule has 1 heteroatoms. The molecule has 66 valence electrons. The molecule has 1 aromatic heterocycles. The first-order chi connectivity index (χ1) is 6.40. The van der Waals surface area contributed by atoms with Crippen LogP contribution in [0.25, 0.3) is 11.1 Å². The normalized spacial score (nSPS) is 10.2. The van der Waals surface area contributed by atoms with E-state index >= 15 is 0 Å². The SMILES string of the molecule is CCc1cccc(-c2ccoc2)c1. The maximum absolute atomic E-state index is 5.04. The maximum Gasteiger partial charge on any atom is 0.0980 e. The summed E-state index contributed by atoms with van der Waals surface area (Å²) in [6.07, 6.45) is 4.55. The molecule has 0 saturated carbocycles. The minimum Gasteiger partial charge on any atom is -0.472 e. The van der Waals surface area contributed by atoms with E-state index in [1.807, 2.05) is 6.07 Å². The van der Waals surface area contributed by atoms with Crippen molar-refractivity contribution >= 4 is 0 Å². The van der Waals surface area contributed by atoms with Gasteiger partial charge in [0.15, 0.2) is 0 Å². The summed E-state index contributed by atoms with van der Waals surface area (Å²) < 4.78 is 5.04. The Morgan fingerprint density at radius 3 is 2.77 bits per heavy atom. The second-order valence-electron chi connectivity index (χ2n) is 3.07. The van der Waals surface area contributed by atoms with Crippen molar-refractivity contribution in [3.05, 3.63) is 48.4 Å². The Morgan fingerprint density at radius 1 is 1.15 bits per heavy atom. The van der Waals surface area contributed by atoms with Gasteiger partial charge in [0.2, 0.25) is 0 Å². The smallest absolute Gasteiger partial charge is 0.0980 e. The molecule has 0 unspecified atom stereocenters. The zero-order valence-corrected chi connectivity index (χ0v) is 7.66. The molecule has 0 atom stereocenters. The maximum atomic E-state index is 5.04. The Morgan fingerprint density at radius 2 is 2.08 bits per heavy atom. The third-order valence-corrected chi connectivity index (χ3v) is 2.19. The van der Waals surface area contributed by atoms with E-state index in [-0.39, 0.29) is 0 Å². The van der Waals surface area contributed by atoms with Crippen molar-refractivity contribution in [2.75, 3.05) is 0 Å². The Labute approximate surface area is 78.0 Å². The van der Waals surface area contributed by atoms with Gasteiger partial charge in [-0.15, -0.1) is 0 Å². The molecule has 0 amide bonds. The third kappa shape index (κ3) is 1.64. The van der Waals surface area contributed by atoms with Crippen molar-refractivity contribution in [2.45, 2.75) is 13.3 Å². The molecule has 0 bridgehead atoms. The molecule has 1 aromatic carbocycles. The summed E-state index contributed by atoms with van der Waals surface area (Å²) in [5.74, 6) is 0. The lowest BCUT2D eigenvalue weighted by Crippen LogP contribution is -1.80. The lowest BCUT2D eigenvalue weighted by atomic mass is 10.0. The van der Waals surface area contributed by atoms with Crippen LogP contribution in [0.2, 0.25) is 0 Å². The lowest BCUT2D eigenvalue weighted by Gasteiger charge is -1.99. The van der Waals surface area contributed by atoms with Crippen LogP contribution in [0, 0.1) is 0 Å². The Kier molecular flexibility index (Phi) is 2.17. The average Bonchev–Trinajstić information content (AvgIpc) is 2.71. The van der Waals surface area contributed by atoms with Gasteiger partial charge >= 0.3 is 0 Å². The molecule has 0 aliphatic heterocycles. The molecular weight excluding hydrogens is 160 g/mol. The second kappa shape index (κ2) is 3.48. The largest absolute Gasteiger partial charge is 0.472 e. The van der Waals surface area contributed by atoms with Crippen molar-refractivity contribution in [3.63, 3.8) is 0 Å². The zero-order valence-electron chi connectivity index (χ0n) is 7.66. The molecule has 1 nitrogen and oxygen atoms in total. The van der Waals surface area contributed by atoms with E-state index in [0.29, 0.717) is 0 Å². The highest BCUT2D eigenvalue weighted by molar-refractivity contribution is 5.62. The summed E-state index contributed by atoms with van der Waals surface area (Å²) in [5, 5.41) is 0. The molecular formula is C12H12O. The fraction of sp³-hybridized carbons (Fsp3) is 0.167. The van der Waals surface area contributed by atoms with Gasteiger partial charge in [-0.3, -0.25) is 0 Å². The number of furan rings is 1. The number of rotatable bonds is 2. The predicted molar refractivity (Wildman–Crippen MR) is 53.5 cm³/mol. The summed E-state index contributed by atoms with van der Waals surface area (Å²) in [7, 11) is 0. The van der Waals surface area contributed by atoms with Crippen LogP contribution >= 0.6 is 0 Å². The van der Waals surface area contributed by atoms with E-state index in [9.17, 15) is 0 Å². The number of aryl methyl sites for hydroxylation is 1. The molecule has 13 heavy (non-hydrogen) atoms. The topological polar surface area (TPSA) is 13.1 Å². The summed E-state index contributed by atoms with van der Waals surface area (Å²) in [6.45, 7) is 2.16. The van der Waals surface area contributed by atoms with Gasteiger partial charge in [0.05, 0.1) is 12.5 Å². The Hall–Kier alpha value is -1.50. The molecule has 2 rings (SSSR count). The van der Waals surface area contributed by atoms with Crippen LogP contribution in [0.5, 0.6) is 0 Å². The van der Waals surface area contributed by atoms with Crippen LogP contribution in [0.15, 0.2) is 47.3 Å². The molecule has 0 fully saturated rings. The van der Waals surface area contributed by atoms with Gasteiger partial charge in [-0.2, -0.15) is 0 Å². The summed E-state index contributed by atoms with van der Waals surface area (Å²) in [5.41, 5.74) is 3.74. The van der Waals surface area contributed by atoms with Gasteiger partial charge in [0.1, 0.15) is 0 Å². The first-order valence-electron chi connectivity index (χ1n) is 4.51. The fourth-order valence-electron chi connectivity index (χ4n) is 1.40. The number of benzene rings is 1. The third-order valence-electron chi connectivity index (χ3n) is 2.19. The quantitative estimate of drug-likeness (QED) is 0.675. The van der Waals surface area contributed by atoms with Crippen molar-refractivity contribution < 1.29 is 4.42 Å². The van der Waals surface area contributed by atoms with Crippen LogP contribution in [0.3, 0.4) is 0 Å². The molecule has 0 saturated heterocycles. The highest BCUT2D eigenvalue weighted by atomic mass is 16.3. The summed E-state index contributed by atoms with van der Waals surface area (Å²) in [4.78, 5) is 0. The average molecular weight is 172 g/mol. The minimum absolute atomic E-state index is 1.08. The lowest BCUT2D eigenvalue weighted by molar-refractivity contribution is 0.568. The van der Waals surface area contributed by atoms with Crippen molar-refractivity contribution in [3.8, 4) is 11.1 Å². The van der Waals surface area contributed by atoms with Gasteiger partial charge in [-0.25, -0.2) is 0 Å². The van der Waals surface area contributed by atoms with E-state index < -0.39 is 0 Å². The molecule has 0 radical (unpaired) electrons. The van der Waals surface area contributed by atoms with Gasteiger partial charge in [0, 0.05) is 5.56 Å². The van der Waals surface area contributed by atoms with E-state index in [4.69, 9.17) is 4.42 Å². The number of hydrogen-bond acceptors (Lipinski definition) is 1. The number of hydrogen-bond donors (Lipinski definition) is 0. The van der Waals surface area contributed by atoms with E-state index in [1.165, 1.54) is 11.1 Å². The Bertz CT molecular complexity index is 374. The standard InChI is InChI=1S/C12H12O/c1-2-10-4-3-5-11(8-10)12-6-7-13-9-12/h3-9H,2H2,1H3. The fourth-order valence-corrected chi connectivity index (χ4v) is 1.40. The first kappa shape index (κ1) is 8.11. The van der Waals surface area contributed by atoms with Crippen molar-refractivity contribution in [1.82, 2.24) is 0 Å². The molecule has 0 aliphatic carbocycles. The van der Waals surface area contributed by atoms with Crippen molar-refractivity contribution in [2.24, 2.45) is 0 Å². The van der Waals surface area contributed by atoms with Crippen LogP contribution in [-0.4, -0.2) is 0 Å². The van der Waals surface area contributed by atoms with Gasteiger partial charge < -0.3 is 4.42 Å².